The fourth-order valence-electron chi connectivity index (χ4n) is 4.80. The minimum absolute atomic E-state index is 0.229. The lowest BCUT2D eigenvalue weighted by Crippen LogP contribution is -2.43. The van der Waals surface area contributed by atoms with Crippen LogP contribution in [0.3, 0.4) is 0 Å². The number of benzene rings is 3. The van der Waals surface area contributed by atoms with Gasteiger partial charge in [-0.1, -0.05) is 43.0 Å². The number of carbonyl (C=O) groups is 3. The zero-order chi connectivity index (χ0) is 23.1. The highest BCUT2D eigenvalue weighted by Gasteiger charge is 2.30. The Morgan fingerprint density at radius 2 is 1.88 bits per heavy atom. The van der Waals surface area contributed by atoms with Crippen LogP contribution in [0, 0.1) is 0 Å². The Hall–Kier alpha value is -3.93. The number of aromatic nitrogens is 1. The summed E-state index contributed by atoms with van der Waals surface area (Å²) in [6.45, 7) is 6.42. The second kappa shape index (κ2) is 8.20. The van der Waals surface area contributed by atoms with E-state index in [2.05, 4.69) is 30.1 Å². The van der Waals surface area contributed by atoms with Gasteiger partial charge in [0.1, 0.15) is 6.04 Å². The highest BCUT2D eigenvalue weighted by molar-refractivity contribution is 6.12. The van der Waals surface area contributed by atoms with Gasteiger partial charge in [0.05, 0.1) is 17.7 Å². The molecule has 2 amide bonds. The summed E-state index contributed by atoms with van der Waals surface area (Å²) in [6, 6.07) is 17.3. The summed E-state index contributed by atoms with van der Waals surface area (Å²) < 4.78 is 7.03. The van der Waals surface area contributed by atoms with E-state index in [9.17, 15) is 14.4 Å². The predicted molar refractivity (Wildman–Crippen MR) is 127 cm³/mol. The van der Waals surface area contributed by atoms with E-state index < -0.39 is 6.04 Å². The summed E-state index contributed by atoms with van der Waals surface area (Å²) >= 11 is 0. The number of nitrogens with one attached hydrogen (secondary N) is 1. The fourth-order valence-corrected chi connectivity index (χ4v) is 4.80. The van der Waals surface area contributed by atoms with E-state index in [4.69, 9.17) is 4.74 Å². The van der Waals surface area contributed by atoms with Gasteiger partial charge >= 0.3 is 5.97 Å². The molecule has 166 valence electrons. The zero-order valence-electron chi connectivity index (χ0n) is 18.4. The van der Waals surface area contributed by atoms with Crippen molar-refractivity contribution in [3.05, 3.63) is 76.6 Å². The van der Waals surface area contributed by atoms with Crippen molar-refractivity contribution in [2.75, 3.05) is 6.61 Å². The smallest absolute Gasteiger partial charge is 0.338 e. The molecular formula is C27H24N2O4. The maximum absolute atomic E-state index is 12.6. The molecule has 6 heteroatoms. The van der Waals surface area contributed by atoms with Crippen molar-refractivity contribution in [3.8, 4) is 0 Å². The number of imide groups is 1. The Kier molecular flexibility index (Phi) is 5.21. The first kappa shape index (κ1) is 20.9. The van der Waals surface area contributed by atoms with Gasteiger partial charge in [0, 0.05) is 22.5 Å². The third-order valence-electron chi connectivity index (χ3n) is 6.35. The van der Waals surface area contributed by atoms with E-state index in [1.165, 1.54) is 0 Å². The van der Waals surface area contributed by atoms with Gasteiger partial charge in [0.15, 0.2) is 0 Å². The number of rotatable bonds is 5. The third-order valence-corrected chi connectivity index (χ3v) is 6.35. The number of esters is 1. The van der Waals surface area contributed by atoms with Gasteiger partial charge < -0.3 is 9.30 Å². The van der Waals surface area contributed by atoms with Crippen LogP contribution in [0.5, 0.6) is 0 Å². The summed E-state index contributed by atoms with van der Waals surface area (Å²) in [5.41, 5.74) is 3.72. The summed E-state index contributed by atoms with van der Waals surface area (Å²) in [4.78, 5) is 36.1. The Balaban J connectivity index is 1.55. The first-order chi connectivity index (χ1) is 16.0. The summed E-state index contributed by atoms with van der Waals surface area (Å²) in [5.74, 6) is -0.825. The van der Waals surface area contributed by atoms with Crippen molar-refractivity contribution in [2.45, 2.75) is 32.2 Å². The van der Waals surface area contributed by atoms with Crippen LogP contribution in [-0.4, -0.2) is 29.0 Å². The van der Waals surface area contributed by atoms with Gasteiger partial charge in [-0.15, -0.1) is 0 Å². The predicted octanol–water partition coefficient (Wildman–Crippen LogP) is 3.67. The molecule has 2 heterocycles. The SMILES string of the molecule is C=c1c2ccc(Cc3ccc(C(=O)OCC)cc3)c3cccc(c32)n1C1CCC(=O)NC1=O. The van der Waals surface area contributed by atoms with Crippen LogP contribution in [0.25, 0.3) is 28.3 Å². The number of amides is 2. The monoisotopic (exact) mass is 440 g/mol. The zero-order valence-corrected chi connectivity index (χ0v) is 18.4. The largest absolute Gasteiger partial charge is 0.462 e. The van der Waals surface area contributed by atoms with Gasteiger partial charge in [-0.2, -0.15) is 0 Å². The van der Waals surface area contributed by atoms with Crippen molar-refractivity contribution in [2.24, 2.45) is 0 Å². The molecule has 4 aromatic rings. The molecule has 0 saturated carbocycles. The number of carbonyl (C=O) groups excluding carboxylic acids is 3. The minimum Gasteiger partial charge on any atom is -0.462 e. The van der Waals surface area contributed by atoms with Gasteiger partial charge in [-0.3, -0.25) is 14.9 Å². The maximum Gasteiger partial charge on any atom is 0.338 e. The molecule has 1 aliphatic rings. The topological polar surface area (TPSA) is 77.4 Å². The van der Waals surface area contributed by atoms with Gasteiger partial charge in [-0.25, -0.2) is 4.79 Å². The highest BCUT2D eigenvalue weighted by Crippen LogP contribution is 2.32. The molecule has 1 N–H and O–H groups in total. The standard InChI is InChI=1S/C27H24N2O4/c1-3-33-27(32)18-9-7-17(8-10-18)15-19-11-12-20-16(2)29(22-6-4-5-21(19)25(20)22)23-13-14-24(30)28-26(23)31/h4-12,23H,2-3,13-15H2,1H3,(H,28,30,31). The number of ether oxygens (including phenoxy) is 1. The van der Waals surface area contributed by atoms with E-state index in [0.717, 1.165) is 38.2 Å². The van der Waals surface area contributed by atoms with Crippen molar-refractivity contribution in [1.29, 1.82) is 0 Å². The van der Waals surface area contributed by atoms with Crippen LogP contribution < -0.4 is 10.7 Å². The molecule has 0 aliphatic carbocycles. The first-order valence-corrected chi connectivity index (χ1v) is 11.1. The van der Waals surface area contributed by atoms with E-state index >= 15 is 0 Å². The van der Waals surface area contributed by atoms with E-state index in [1.807, 2.05) is 28.8 Å². The molecule has 5 rings (SSSR count). The van der Waals surface area contributed by atoms with Crippen LogP contribution in [0.15, 0.2) is 54.6 Å². The molecule has 33 heavy (non-hydrogen) atoms. The molecule has 1 aromatic heterocycles. The normalized spacial score (nSPS) is 16.3. The Morgan fingerprint density at radius 3 is 2.61 bits per heavy atom. The van der Waals surface area contributed by atoms with Gasteiger partial charge in [0.2, 0.25) is 11.8 Å². The Bertz CT molecular complexity index is 1450. The molecule has 0 spiro atoms. The molecule has 3 aromatic carbocycles. The van der Waals surface area contributed by atoms with Crippen LogP contribution in [0.1, 0.15) is 47.3 Å². The lowest BCUT2D eigenvalue weighted by Gasteiger charge is -2.23. The van der Waals surface area contributed by atoms with Crippen LogP contribution in [0.2, 0.25) is 0 Å². The molecular weight excluding hydrogens is 416 g/mol. The summed E-state index contributed by atoms with van der Waals surface area (Å²) in [5, 5.41) is 6.42. The lowest BCUT2D eigenvalue weighted by atomic mass is 9.96. The van der Waals surface area contributed by atoms with Crippen LogP contribution in [0.4, 0.5) is 0 Å². The summed E-state index contributed by atoms with van der Waals surface area (Å²) in [6.07, 6.45) is 1.49. The van der Waals surface area contributed by atoms with Crippen molar-refractivity contribution in [3.63, 3.8) is 0 Å². The molecule has 1 atom stereocenters. The molecule has 6 nitrogen and oxygen atoms in total. The molecule has 1 unspecified atom stereocenters. The van der Waals surface area contributed by atoms with Crippen LogP contribution in [-0.2, 0) is 20.7 Å². The quantitative estimate of drug-likeness (QED) is 0.380. The molecule has 1 fully saturated rings. The maximum atomic E-state index is 12.6. The van der Waals surface area contributed by atoms with E-state index in [-0.39, 0.29) is 17.8 Å². The number of nitrogens with zero attached hydrogens (tertiary/aromatic N) is 1. The second-order valence-corrected chi connectivity index (χ2v) is 8.35. The molecule has 0 bridgehead atoms. The molecule has 0 radical (unpaired) electrons. The Morgan fingerprint density at radius 1 is 1.09 bits per heavy atom. The van der Waals surface area contributed by atoms with Crippen LogP contribution >= 0.6 is 0 Å². The lowest BCUT2D eigenvalue weighted by molar-refractivity contribution is -0.135. The third kappa shape index (κ3) is 3.57. The fraction of sp³-hybridized carbons (Fsp3) is 0.222. The first-order valence-electron chi connectivity index (χ1n) is 11.1. The van der Waals surface area contributed by atoms with Crippen molar-refractivity contribution < 1.29 is 19.1 Å². The molecule has 1 aliphatic heterocycles. The van der Waals surface area contributed by atoms with Crippen molar-refractivity contribution >= 4 is 46.0 Å². The summed E-state index contributed by atoms with van der Waals surface area (Å²) in [7, 11) is 0. The van der Waals surface area contributed by atoms with Gasteiger partial charge in [-0.05, 0) is 54.5 Å². The molecule has 1 saturated heterocycles. The number of piperidine rings is 1. The van der Waals surface area contributed by atoms with E-state index in [0.29, 0.717) is 31.4 Å². The van der Waals surface area contributed by atoms with E-state index in [1.54, 1.807) is 19.1 Å². The Labute approximate surface area is 190 Å². The van der Waals surface area contributed by atoms with Crippen molar-refractivity contribution in [1.82, 2.24) is 9.88 Å². The number of hydrogen-bond donors (Lipinski definition) is 1. The number of hydrogen-bond acceptors (Lipinski definition) is 4. The average molecular weight is 440 g/mol. The average Bonchev–Trinajstić information content (AvgIpc) is 3.09. The highest BCUT2D eigenvalue weighted by atomic mass is 16.5. The minimum atomic E-state index is -0.452. The van der Waals surface area contributed by atoms with Gasteiger partial charge in [0.25, 0.3) is 0 Å². The second-order valence-electron chi connectivity index (χ2n) is 8.35.